The molecule has 4 rings (SSSR count). The lowest BCUT2D eigenvalue weighted by Gasteiger charge is -2.02. The van der Waals surface area contributed by atoms with Crippen LogP contribution in [-0.4, -0.2) is 24.3 Å². The summed E-state index contributed by atoms with van der Waals surface area (Å²) in [7, 11) is 0. The van der Waals surface area contributed by atoms with Gasteiger partial charge < -0.3 is 9.09 Å². The standard InChI is InChI=1S/C16H11ClFN5O2/c17-8-15-19-14(21-25-15)9-22-5-6-23-13(16(22)24)7-12(20-23)10-1-3-11(18)4-2-10/h1-7H,8-9H2. The summed E-state index contributed by atoms with van der Waals surface area (Å²) in [4.78, 5) is 16.7. The molecule has 0 atom stereocenters. The Morgan fingerprint density at radius 3 is 2.72 bits per heavy atom. The van der Waals surface area contributed by atoms with E-state index in [2.05, 4.69) is 15.2 Å². The molecule has 0 bridgehead atoms. The SMILES string of the molecule is O=c1c2cc(-c3ccc(F)cc3)nn2ccn1Cc1noc(CCl)n1. The molecule has 0 spiro atoms. The van der Waals surface area contributed by atoms with Crippen molar-refractivity contribution in [2.24, 2.45) is 0 Å². The van der Waals surface area contributed by atoms with E-state index in [0.29, 0.717) is 22.9 Å². The van der Waals surface area contributed by atoms with Crippen molar-refractivity contribution in [2.45, 2.75) is 12.4 Å². The second kappa shape index (κ2) is 6.14. The van der Waals surface area contributed by atoms with Gasteiger partial charge in [-0.3, -0.25) is 4.79 Å². The highest BCUT2D eigenvalue weighted by molar-refractivity contribution is 6.16. The number of rotatable bonds is 4. The average Bonchev–Trinajstić information content (AvgIpc) is 3.25. The molecule has 0 aliphatic carbocycles. The molecule has 126 valence electrons. The Labute approximate surface area is 145 Å². The number of alkyl halides is 1. The zero-order chi connectivity index (χ0) is 17.4. The number of hydrogen-bond donors (Lipinski definition) is 0. The molecule has 1 aromatic carbocycles. The lowest BCUT2D eigenvalue weighted by Crippen LogP contribution is -2.22. The first-order chi connectivity index (χ1) is 12.1. The lowest BCUT2D eigenvalue weighted by molar-refractivity contribution is 0.382. The van der Waals surface area contributed by atoms with Crippen LogP contribution in [0.2, 0.25) is 0 Å². The van der Waals surface area contributed by atoms with Crippen LogP contribution >= 0.6 is 11.6 Å². The van der Waals surface area contributed by atoms with Crippen LogP contribution in [0.1, 0.15) is 11.7 Å². The molecule has 3 aromatic heterocycles. The van der Waals surface area contributed by atoms with Crippen LogP contribution < -0.4 is 5.56 Å². The average molecular weight is 360 g/mol. The van der Waals surface area contributed by atoms with E-state index < -0.39 is 0 Å². The summed E-state index contributed by atoms with van der Waals surface area (Å²) in [6.45, 7) is 0.160. The fourth-order valence-electron chi connectivity index (χ4n) is 2.47. The van der Waals surface area contributed by atoms with E-state index in [-0.39, 0.29) is 23.8 Å². The second-order valence-corrected chi connectivity index (χ2v) is 5.60. The van der Waals surface area contributed by atoms with Gasteiger partial charge in [0.05, 0.1) is 12.2 Å². The van der Waals surface area contributed by atoms with Gasteiger partial charge in [0.1, 0.15) is 17.2 Å². The largest absolute Gasteiger partial charge is 0.338 e. The monoisotopic (exact) mass is 359 g/mol. The highest BCUT2D eigenvalue weighted by Gasteiger charge is 2.12. The van der Waals surface area contributed by atoms with Gasteiger partial charge in [0.25, 0.3) is 5.56 Å². The van der Waals surface area contributed by atoms with Crippen LogP contribution in [0, 0.1) is 5.82 Å². The van der Waals surface area contributed by atoms with Crippen LogP contribution in [0.4, 0.5) is 4.39 Å². The fraction of sp³-hybridized carbons (Fsp3) is 0.125. The van der Waals surface area contributed by atoms with Gasteiger partial charge in [0.2, 0.25) is 5.89 Å². The third-order valence-corrected chi connectivity index (χ3v) is 3.91. The maximum Gasteiger partial charge on any atom is 0.277 e. The zero-order valence-electron chi connectivity index (χ0n) is 12.8. The van der Waals surface area contributed by atoms with Crippen LogP contribution in [0.3, 0.4) is 0 Å². The van der Waals surface area contributed by atoms with Gasteiger partial charge in [-0.1, -0.05) is 5.16 Å². The Bertz CT molecular complexity index is 1100. The maximum absolute atomic E-state index is 13.1. The Hall–Kier alpha value is -3.00. The van der Waals surface area contributed by atoms with E-state index in [1.165, 1.54) is 21.2 Å². The van der Waals surface area contributed by atoms with Crippen molar-refractivity contribution in [3.63, 3.8) is 0 Å². The molecular formula is C16H11ClFN5O2. The fourth-order valence-corrected chi connectivity index (χ4v) is 2.58. The van der Waals surface area contributed by atoms with Gasteiger partial charge in [-0.2, -0.15) is 10.1 Å². The molecule has 0 unspecified atom stereocenters. The van der Waals surface area contributed by atoms with Crippen molar-refractivity contribution in [1.29, 1.82) is 0 Å². The van der Waals surface area contributed by atoms with E-state index in [9.17, 15) is 9.18 Å². The molecule has 25 heavy (non-hydrogen) atoms. The van der Waals surface area contributed by atoms with Crippen LogP contribution in [0.25, 0.3) is 16.8 Å². The normalized spacial score (nSPS) is 11.3. The first-order valence-corrected chi connectivity index (χ1v) is 7.90. The van der Waals surface area contributed by atoms with Gasteiger partial charge in [0.15, 0.2) is 5.82 Å². The number of halogens is 2. The van der Waals surface area contributed by atoms with E-state index in [1.54, 1.807) is 30.6 Å². The number of benzene rings is 1. The van der Waals surface area contributed by atoms with Crippen molar-refractivity contribution >= 4 is 17.1 Å². The second-order valence-electron chi connectivity index (χ2n) is 5.34. The summed E-state index contributed by atoms with van der Waals surface area (Å²) in [6.07, 6.45) is 3.25. The number of nitrogens with zero attached hydrogens (tertiary/aromatic N) is 5. The topological polar surface area (TPSA) is 78.2 Å². The third-order valence-electron chi connectivity index (χ3n) is 3.68. The molecule has 0 fully saturated rings. The van der Waals surface area contributed by atoms with Crippen LogP contribution in [-0.2, 0) is 12.4 Å². The Balaban J connectivity index is 1.72. The summed E-state index contributed by atoms with van der Waals surface area (Å²) < 4.78 is 20.9. The minimum atomic E-state index is -0.328. The van der Waals surface area contributed by atoms with Crippen LogP contribution in [0.5, 0.6) is 0 Å². The molecule has 7 nitrogen and oxygen atoms in total. The predicted molar refractivity (Wildman–Crippen MR) is 87.8 cm³/mol. The van der Waals surface area contributed by atoms with Gasteiger partial charge in [-0.05, 0) is 30.3 Å². The minimum absolute atomic E-state index is 0.116. The highest BCUT2D eigenvalue weighted by atomic mass is 35.5. The number of fused-ring (bicyclic) bond motifs is 1. The number of hydrogen-bond acceptors (Lipinski definition) is 5. The van der Waals surface area contributed by atoms with Gasteiger partial charge in [-0.25, -0.2) is 8.91 Å². The first-order valence-electron chi connectivity index (χ1n) is 7.36. The Morgan fingerprint density at radius 1 is 1.20 bits per heavy atom. The van der Waals surface area contributed by atoms with Crippen molar-refractivity contribution in [1.82, 2.24) is 24.3 Å². The Morgan fingerprint density at radius 2 is 2.00 bits per heavy atom. The third kappa shape index (κ3) is 2.91. The molecule has 0 N–H and O–H groups in total. The van der Waals surface area contributed by atoms with Crippen LogP contribution in [0.15, 0.2) is 52.0 Å². The molecule has 0 aliphatic heterocycles. The molecule has 0 saturated heterocycles. The van der Waals surface area contributed by atoms with Crippen molar-refractivity contribution in [3.05, 3.63) is 70.6 Å². The molecule has 0 saturated carbocycles. The summed E-state index contributed by atoms with van der Waals surface area (Å²) in [5, 5.41) is 8.13. The maximum atomic E-state index is 13.1. The summed E-state index contributed by atoms with van der Waals surface area (Å²) in [5.41, 5.74) is 1.45. The van der Waals surface area contributed by atoms with E-state index in [1.807, 2.05) is 0 Å². The first kappa shape index (κ1) is 15.5. The summed E-state index contributed by atoms with van der Waals surface area (Å²) >= 11 is 5.62. The number of aromatic nitrogens is 5. The minimum Gasteiger partial charge on any atom is -0.338 e. The molecule has 3 heterocycles. The summed E-state index contributed by atoms with van der Waals surface area (Å²) in [5.74, 6) is 0.449. The van der Waals surface area contributed by atoms with Gasteiger partial charge in [-0.15, -0.1) is 11.6 Å². The van der Waals surface area contributed by atoms with Crippen molar-refractivity contribution < 1.29 is 8.91 Å². The molecule has 4 aromatic rings. The quantitative estimate of drug-likeness (QED) is 0.523. The Kier molecular flexibility index (Phi) is 3.81. The van der Waals surface area contributed by atoms with E-state index >= 15 is 0 Å². The lowest BCUT2D eigenvalue weighted by atomic mass is 10.1. The molecule has 0 amide bonds. The smallest absolute Gasteiger partial charge is 0.277 e. The predicted octanol–water partition coefficient (Wildman–Crippen LogP) is 2.47. The van der Waals surface area contributed by atoms with E-state index in [0.717, 1.165) is 5.56 Å². The molecule has 9 heteroatoms. The molecule has 0 radical (unpaired) electrons. The molecular weight excluding hydrogens is 349 g/mol. The van der Waals surface area contributed by atoms with Crippen molar-refractivity contribution in [3.8, 4) is 11.3 Å². The van der Waals surface area contributed by atoms with Gasteiger partial charge >= 0.3 is 0 Å². The van der Waals surface area contributed by atoms with Gasteiger partial charge in [0, 0.05) is 18.0 Å². The zero-order valence-corrected chi connectivity index (χ0v) is 13.5. The van der Waals surface area contributed by atoms with E-state index in [4.69, 9.17) is 16.1 Å². The summed E-state index contributed by atoms with van der Waals surface area (Å²) in [6, 6.07) is 7.59. The van der Waals surface area contributed by atoms with Crippen molar-refractivity contribution in [2.75, 3.05) is 0 Å². The highest BCUT2D eigenvalue weighted by Crippen LogP contribution is 2.18. The molecule has 0 aliphatic rings.